The van der Waals surface area contributed by atoms with Crippen molar-refractivity contribution in [3.63, 3.8) is 0 Å². The molecule has 2 atom stereocenters. The molecule has 1 heterocycles. The number of carbonyl (C=O) groups excluding carboxylic acids is 1. The fourth-order valence-corrected chi connectivity index (χ4v) is 2.63. The molecule has 2 unspecified atom stereocenters. The van der Waals surface area contributed by atoms with E-state index in [-0.39, 0.29) is 24.2 Å². The van der Waals surface area contributed by atoms with Gasteiger partial charge in [0.2, 0.25) is 5.91 Å². The minimum Gasteiger partial charge on any atom is -0.481 e. The van der Waals surface area contributed by atoms with Crippen LogP contribution in [0.5, 0.6) is 0 Å². The van der Waals surface area contributed by atoms with Crippen molar-refractivity contribution in [1.82, 2.24) is 4.90 Å². The van der Waals surface area contributed by atoms with Crippen LogP contribution < -0.4 is 5.73 Å². The molecule has 104 valence electrons. The highest BCUT2D eigenvalue weighted by molar-refractivity contribution is 5.79. The van der Waals surface area contributed by atoms with Crippen LogP contribution in [-0.2, 0) is 9.59 Å². The normalized spacial score (nSPS) is 21.7. The zero-order chi connectivity index (χ0) is 13.5. The first kappa shape index (κ1) is 15.0. The second-order valence-corrected chi connectivity index (χ2v) is 5.11. The molecule has 1 aliphatic heterocycles. The van der Waals surface area contributed by atoms with Gasteiger partial charge in [-0.25, -0.2) is 0 Å². The molecule has 0 radical (unpaired) electrons. The molecule has 0 aliphatic carbocycles. The Hall–Kier alpha value is -1.10. The van der Waals surface area contributed by atoms with Gasteiger partial charge in [0, 0.05) is 26.1 Å². The van der Waals surface area contributed by atoms with Crippen LogP contribution in [0.2, 0.25) is 0 Å². The highest BCUT2D eigenvalue weighted by atomic mass is 16.4. The van der Waals surface area contributed by atoms with Crippen LogP contribution in [0.25, 0.3) is 0 Å². The molecule has 0 aromatic heterocycles. The summed E-state index contributed by atoms with van der Waals surface area (Å²) in [7, 11) is 0. The second-order valence-electron chi connectivity index (χ2n) is 5.11. The van der Waals surface area contributed by atoms with Gasteiger partial charge in [-0.05, 0) is 25.2 Å². The summed E-state index contributed by atoms with van der Waals surface area (Å²) in [6.45, 7) is 3.74. The van der Waals surface area contributed by atoms with Crippen molar-refractivity contribution < 1.29 is 14.7 Å². The third-order valence-corrected chi connectivity index (χ3v) is 3.56. The largest absolute Gasteiger partial charge is 0.481 e. The Labute approximate surface area is 108 Å². The van der Waals surface area contributed by atoms with E-state index in [0.29, 0.717) is 13.1 Å². The molecule has 0 saturated carbocycles. The minimum atomic E-state index is -0.779. The van der Waals surface area contributed by atoms with Crippen molar-refractivity contribution in [1.29, 1.82) is 0 Å². The Morgan fingerprint density at radius 2 is 2.22 bits per heavy atom. The smallest absolute Gasteiger partial charge is 0.303 e. The molecule has 1 rings (SSSR count). The van der Waals surface area contributed by atoms with Gasteiger partial charge < -0.3 is 15.7 Å². The number of amides is 1. The summed E-state index contributed by atoms with van der Waals surface area (Å²) in [6, 6.07) is 0. The molecule has 0 bridgehead atoms. The van der Waals surface area contributed by atoms with Gasteiger partial charge in [-0.2, -0.15) is 0 Å². The van der Waals surface area contributed by atoms with Gasteiger partial charge in [-0.1, -0.05) is 13.3 Å². The Morgan fingerprint density at radius 1 is 1.50 bits per heavy atom. The van der Waals surface area contributed by atoms with E-state index in [1.807, 2.05) is 11.8 Å². The maximum atomic E-state index is 12.2. The standard InChI is InChI=1S/C13H24N2O3/c1-2-4-11(8-14)13(18)15-6-3-5-10(9-15)7-12(16)17/h10-11H,2-9,14H2,1H3,(H,16,17). The molecule has 0 spiro atoms. The predicted octanol–water partition coefficient (Wildman–Crippen LogP) is 1.07. The first-order chi connectivity index (χ1) is 8.58. The van der Waals surface area contributed by atoms with E-state index < -0.39 is 5.97 Å². The molecular weight excluding hydrogens is 232 g/mol. The fraction of sp³-hybridized carbons (Fsp3) is 0.846. The average molecular weight is 256 g/mol. The Kier molecular flexibility index (Phi) is 6.12. The van der Waals surface area contributed by atoms with Gasteiger partial charge >= 0.3 is 5.97 Å². The number of carbonyl (C=O) groups is 2. The number of likely N-dealkylation sites (tertiary alicyclic amines) is 1. The number of carboxylic acids is 1. The van der Waals surface area contributed by atoms with E-state index in [4.69, 9.17) is 10.8 Å². The number of hydrogen-bond acceptors (Lipinski definition) is 3. The molecular formula is C13H24N2O3. The van der Waals surface area contributed by atoms with Crippen molar-refractivity contribution in [3.05, 3.63) is 0 Å². The van der Waals surface area contributed by atoms with Crippen molar-refractivity contribution in [2.45, 2.75) is 39.0 Å². The first-order valence-electron chi connectivity index (χ1n) is 6.79. The minimum absolute atomic E-state index is 0.0975. The Morgan fingerprint density at radius 3 is 2.78 bits per heavy atom. The van der Waals surface area contributed by atoms with Crippen LogP contribution in [0.1, 0.15) is 39.0 Å². The molecule has 5 nitrogen and oxygen atoms in total. The highest BCUT2D eigenvalue weighted by Crippen LogP contribution is 2.22. The Balaban J connectivity index is 2.54. The third-order valence-electron chi connectivity index (χ3n) is 3.56. The van der Waals surface area contributed by atoms with Gasteiger partial charge in [0.1, 0.15) is 0 Å². The maximum Gasteiger partial charge on any atom is 0.303 e. The van der Waals surface area contributed by atoms with Crippen LogP contribution in [0.4, 0.5) is 0 Å². The lowest BCUT2D eigenvalue weighted by Crippen LogP contribution is -2.45. The molecule has 3 N–H and O–H groups in total. The zero-order valence-corrected chi connectivity index (χ0v) is 11.1. The van der Waals surface area contributed by atoms with Gasteiger partial charge in [0.05, 0.1) is 5.92 Å². The monoisotopic (exact) mass is 256 g/mol. The predicted molar refractivity (Wildman–Crippen MR) is 69.0 cm³/mol. The van der Waals surface area contributed by atoms with E-state index in [2.05, 4.69) is 0 Å². The average Bonchev–Trinajstić information content (AvgIpc) is 2.34. The van der Waals surface area contributed by atoms with E-state index in [1.54, 1.807) is 0 Å². The topological polar surface area (TPSA) is 83.6 Å². The molecule has 5 heteroatoms. The summed E-state index contributed by atoms with van der Waals surface area (Å²) in [5.41, 5.74) is 5.64. The van der Waals surface area contributed by atoms with Gasteiger partial charge in [0.25, 0.3) is 0 Å². The highest BCUT2D eigenvalue weighted by Gasteiger charge is 2.28. The van der Waals surface area contributed by atoms with Crippen LogP contribution in [0.15, 0.2) is 0 Å². The van der Waals surface area contributed by atoms with Gasteiger partial charge in [0.15, 0.2) is 0 Å². The van der Waals surface area contributed by atoms with Gasteiger partial charge in [-0.3, -0.25) is 9.59 Å². The first-order valence-corrected chi connectivity index (χ1v) is 6.79. The summed E-state index contributed by atoms with van der Waals surface area (Å²) < 4.78 is 0. The lowest BCUT2D eigenvalue weighted by Gasteiger charge is -2.34. The molecule has 0 aromatic rings. The van der Waals surface area contributed by atoms with Crippen LogP contribution in [0.3, 0.4) is 0 Å². The van der Waals surface area contributed by atoms with E-state index in [9.17, 15) is 9.59 Å². The number of rotatable bonds is 6. The van der Waals surface area contributed by atoms with E-state index in [0.717, 1.165) is 32.2 Å². The number of hydrogen-bond donors (Lipinski definition) is 2. The van der Waals surface area contributed by atoms with Crippen molar-refractivity contribution in [3.8, 4) is 0 Å². The molecule has 18 heavy (non-hydrogen) atoms. The number of aliphatic carboxylic acids is 1. The number of carboxylic acid groups (broad SMARTS) is 1. The van der Waals surface area contributed by atoms with Crippen molar-refractivity contribution >= 4 is 11.9 Å². The quantitative estimate of drug-likeness (QED) is 0.744. The lowest BCUT2D eigenvalue weighted by molar-refractivity contribution is -0.142. The molecule has 1 amide bonds. The maximum absolute atomic E-state index is 12.2. The molecule has 1 fully saturated rings. The van der Waals surface area contributed by atoms with Gasteiger partial charge in [-0.15, -0.1) is 0 Å². The number of piperidine rings is 1. The zero-order valence-electron chi connectivity index (χ0n) is 11.1. The second kappa shape index (κ2) is 7.36. The molecule has 1 saturated heterocycles. The lowest BCUT2D eigenvalue weighted by atomic mass is 9.93. The van der Waals surface area contributed by atoms with E-state index >= 15 is 0 Å². The summed E-state index contributed by atoms with van der Waals surface area (Å²) in [6.07, 6.45) is 3.71. The molecule has 1 aliphatic rings. The molecule has 0 aromatic carbocycles. The van der Waals surface area contributed by atoms with Crippen LogP contribution >= 0.6 is 0 Å². The fourth-order valence-electron chi connectivity index (χ4n) is 2.63. The summed E-state index contributed by atoms with van der Waals surface area (Å²) in [4.78, 5) is 24.8. The SMILES string of the molecule is CCCC(CN)C(=O)N1CCCC(CC(=O)O)C1. The number of nitrogens with zero attached hydrogens (tertiary/aromatic N) is 1. The van der Waals surface area contributed by atoms with Crippen LogP contribution in [-0.4, -0.2) is 41.5 Å². The summed E-state index contributed by atoms with van der Waals surface area (Å²) in [5.74, 6) is -0.675. The summed E-state index contributed by atoms with van der Waals surface area (Å²) in [5, 5.41) is 8.81. The van der Waals surface area contributed by atoms with Crippen molar-refractivity contribution in [2.24, 2.45) is 17.6 Å². The van der Waals surface area contributed by atoms with E-state index in [1.165, 1.54) is 0 Å². The summed E-state index contributed by atoms with van der Waals surface area (Å²) >= 11 is 0. The Bertz CT molecular complexity index is 294. The van der Waals surface area contributed by atoms with Crippen molar-refractivity contribution in [2.75, 3.05) is 19.6 Å². The number of nitrogens with two attached hydrogens (primary N) is 1. The third kappa shape index (κ3) is 4.29. The van der Waals surface area contributed by atoms with Crippen LogP contribution in [0, 0.1) is 11.8 Å².